The van der Waals surface area contributed by atoms with Crippen molar-refractivity contribution < 1.29 is 9.90 Å². The van der Waals surface area contributed by atoms with E-state index in [0.29, 0.717) is 12.1 Å². The zero-order chi connectivity index (χ0) is 22.5. The van der Waals surface area contributed by atoms with Crippen molar-refractivity contribution in [2.75, 3.05) is 13.1 Å². The SMILES string of the molecule is CCCCCCCCc1ccc(C#Cc2cc(CN(CC)CC)nc(C(=O)O)c2)cc1. The summed E-state index contributed by atoms with van der Waals surface area (Å²) in [4.78, 5) is 18.0. The molecule has 0 aliphatic rings. The van der Waals surface area contributed by atoms with E-state index in [1.54, 1.807) is 6.07 Å². The summed E-state index contributed by atoms with van der Waals surface area (Å²) in [5.41, 5.74) is 3.75. The smallest absolute Gasteiger partial charge is 0.354 e. The van der Waals surface area contributed by atoms with Crippen molar-refractivity contribution in [1.82, 2.24) is 9.88 Å². The van der Waals surface area contributed by atoms with Gasteiger partial charge in [0.05, 0.1) is 5.69 Å². The van der Waals surface area contributed by atoms with Crippen molar-refractivity contribution in [2.45, 2.75) is 72.3 Å². The summed E-state index contributed by atoms with van der Waals surface area (Å²) < 4.78 is 0. The van der Waals surface area contributed by atoms with Crippen LogP contribution in [0.15, 0.2) is 36.4 Å². The highest BCUT2D eigenvalue weighted by Crippen LogP contribution is 2.12. The van der Waals surface area contributed by atoms with Crippen LogP contribution in [0.25, 0.3) is 0 Å². The monoisotopic (exact) mass is 420 g/mol. The minimum atomic E-state index is -1.02. The second-order valence-corrected chi connectivity index (χ2v) is 7.96. The van der Waals surface area contributed by atoms with E-state index in [2.05, 4.69) is 66.8 Å². The molecule has 1 aromatic heterocycles. The lowest BCUT2D eigenvalue weighted by molar-refractivity contribution is 0.0690. The van der Waals surface area contributed by atoms with Crippen molar-refractivity contribution >= 4 is 5.97 Å². The quantitative estimate of drug-likeness (QED) is 0.342. The zero-order valence-electron chi connectivity index (χ0n) is 19.3. The molecule has 4 heteroatoms. The van der Waals surface area contributed by atoms with E-state index < -0.39 is 5.97 Å². The predicted molar refractivity (Wildman–Crippen MR) is 127 cm³/mol. The van der Waals surface area contributed by atoms with Gasteiger partial charge in [-0.25, -0.2) is 9.78 Å². The van der Waals surface area contributed by atoms with E-state index in [1.165, 1.54) is 44.1 Å². The Kier molecular flexibility index (Phi) is 10.8. The second kappa shape index (κ2) is 13.6. The first kappa shape index (κ1) is 24.6. The normalized spacial score (nSPS) is 10.7. The number of aryl methyl sites for hydroxylation is 1. The molecule has 1 heterocycles. The Morgan fingerprint density at radius 1 is 0.903 bits per heavy atom. The fourth-order valence-corrected chi connectivity index (χ4v) is 3.54. The van der Waals surface area contributed by atoms with Crippen LogP contribution in [0.1, 0.15) is 92.2 Å². The van der Waals surface area contributed by atoms with Crippen LogP contribution in [0.4, 0.5) is 0 Å². The van der Waals surface area contributed by atoms with E-state index >= 15 is 0 Å². The van der Waals surface area contributed by atoms with Crippen LogP contribution < -0.4 is 0 Å². The standard InChI is InChI=1S/C27H36N2O2/c1-4-7-8-9-10-11-12-22-13-15-23(16-14-22)17-18-24-19-25(21-29(5-2)6-3)28-26(20-24)27(30)31/h13-16,19-20H,4-12,21H2,1-3H3,(H,30,31). The summed E-state index contributed by atoms with van der Waals surface area (Å²) in [5.74, 6) is 5.27. The van der Waals surface area contributed by atoms with Crippen molar-refractivity contribution in [2.24, 2.45) is 0 Å². The topological polar surface area (TPSA) is 53.4 Å². The number of rotatable bonds is 12. The maximum absolute atomic E-state index is 11.5. The third-order valence-electron chi connectivity index (χ3n) is 5.50. The molecular formula is C27H36N2O2. The molecule has 1 N–H and O–H groups in total. The molecule has 0 unspecified atom stereocenters. The highest BCUT2D eigenvalue weighted by Gasteiger charge is 2.10. The molecule has 0 saturated carbocycles. The van der Waals surface area contributed by atoms with Gasteiger partial charge < -0.3 is 5.11 Å². The molecule has 0 aliphatic heterocycles. The number of hydrogen-bond donors (Lipinski definition) is 1. The molecule has 4 nitrogen and oxygen atoms in total. The van der Waals surface area contributed by atoms with Gasteiger partial charge in [-0.05, 0) is 55.8 Å². The number of benzene rings is 1. The van der Waals surface area contributed by atoms with Gasteiger partial charge >= 0.3 is 5.97 Å². The van der Waals surface area contributed by atoms with Gasteiger partial charge in [-0.15, -0.1) is 0 Å². The molecule has 2 rings (SSSR count). The molecule has 1 aromatic carbocycles. The third-order valence-corrected chi connectivity index (χ3v) is 5.50. The van der Waals surface area contributed by atoms with Crippen molar-refractivity contribution in [1.29, 1.82) is 0 Å². The maximum Gasteiger partial charge on any atom is 0.354 e. The van der Waals surface area contributed by atoms with E-state index in [4.69, 9.17) is 0 Å². The second-order valence-electron chi connectivity index (χ2n) is 7.96. The number of carboxylic acids is 1. The minimum Gasteiger partial charge on any atom is -0.477 e. The Labute approximate surface area is 187 Å². The van der Waals surface area contributed by atoms with E-state index in [9.17, 15) is 9.90 Å². The lowest BCUT2D eigenvalue weighted by Crippen LogP contribution is -2.23. The summed E-state index contributed by atoms with van der Waals surface area (Å²) in [5, 5.41) is 9.40. The fraction of sp³-hybridized carbons (Fsp3) is 0.481. The molecule has 0 amide bonds. The summed E-state index contributed by atoms with van der Waals surface area (Å²) in [6, 6.07) is 11.8. The average molecular weight is 421 g/mol. The Morgan fingerprint density at radius 3 is 2.19 bits per heavy atom. The number of carboxylic acid groups (broad SMARTS) is 1. The van der Waals surface area contributed by atoms with E-state index in [-0.39, 0.29) is 5.69 Å². The summed E-state index contributed by atoms with van der Waals surface area (Å²) in [6.07, 6.45) is 8.95. The van der Waals surface area contributed by atoms with Gasteiger partial charge in [-0.3, -0.25) is 4.90 Å². The predicted octanol–water partition coefficient (Wildman–Crippen LogP) is 5.92. The van der Waals surface area contributed by atoms with Crippen LogP contribution in [0, 0.1) is 11.8 Å². The molecular weight excluding hydrogens is 384 g/mol. The zero-order valence-corrected chi connectivity index (χ0v) is 19.3. The number of unbranched alkanes of at least 4 members (excludes halogenated alkanes) is 5. The molecule has 0 aliphatic carbocycles. The van der Waals surface area contributed by atoms with E-state index in [0.717, 1.165) is 30.8 Å². The highest BCUT2D eigenvalue weighted by molar-refractivity contribution is 5.85. The molecule has 2 aromatic rings. The van der Waals surface area contributed by atoms with Gasteiger partial charge in [-0.2, -0.15) is 0 Å². The van der Waals surface area contributed by atoms with Crippen LogP contribution in [-0.4, -0.2) is 34.0 Å². The first-order chi connectivity index (χ1) is 15.0. The van der Waals surface area contributed by atoms with E-state index in [1.807, 2.05) is 6.07 Å². The van der Waals surface area contributed by atoms with Gasteiger partial charge in [-0.1, -0.05) is 76.8 Å². The van der Waals surface area contributed by atoms with Crippen molar-refractivity contribution in [3.8, 4) is 11.8 Å². The molecule has 0 spiro atoms. The van der Waals surface area contributed by atoms with Crippen LogP contribution in [0.3, 0.4) is 0 Å². The highest BCUT2D eigenvalue weighted by atomic mass is 16.4. The van der Waals surface area contributed by atoms with Crippen LogP contribution >= 0.6 is 0 Å². The molecule has 31 heavy (non-hydrogen) atoms. The molecule has 0 radical (unpaired) electrons. The molecule has 0 saturated heterocycles. The van der Waals surface area contributed by atoms with Gasteiger partial charge in [0, 0.05) is 17.7 Å². The Bertz CT molecular complexity index is 874. The number of carbonyl (C=O) groups is 1. The molecule has 0 fully saturated rings. The van der Waals surface area contributed by atoms with Crippen molar-refractivity contribution in [3.05, 3.63) is 64.5 Å². The number of aromatic nitrogens is 1. The van der Waals surface area contributed by atoms with Crippen LogP contribution in [0.2, 0.25) is 0 Å². The van der Waals surface area contributed by atoms with Gasteiger partial charge in [0.25, 0.3) is 0 Å². The fourth-order valence-electron chi connectivity index (χ4n) is 3.54. The summed E-state index contributed by atoms with van der Waals surface area (Å²) in [6.45, 7) is 8.82. The molecule has 0 atom stereocenters. The molecule has 0 bridgehead atoms. The van der Waals surface area contributed by atoms with Gasteiger partial charge in [0.1, 0.15) is 5.69 Å². The van der Waals surface area contributed by atoms with Crippen LogP contribution in [0.5, 0.6) is 0 Å². The Hall–Kier alpha value is -2.64. The first-order valence-electron chi connectivity index (χ1n) is 11.6. The number of hydrogen-bond acceptors (Lipinski definition) is 3. The maximum atomic E-state index is 11.5. The minimum absolute atomic E-state index is 0.0447. The first-order valence-corrected chi connectivity index (χ1v) is 11.6. The Balaban J connectivity index is 2.03. The Morgan fingerprint density at radius 2 is 1.55 bits per heavy atom. The largest absolute Gasteiger partial charge is 0.477 e. The third kappa shape index (κ3) is 8.94. The number of aromatic carboxylic acids is 1. The van der Waals surface area contributed by atoms with Crippen molar-refractivity contribution in [3.63, 3.8) is 0 Å². The van der Waals surface area contributed by atoms with Gasteiger partial charge in [0.15, 0.2) is 0 Å². The lowest BCUT2D eigenvalue weighted by Gasteiger charge is -2.17. The average Bonchev–Trinajstić information content (AvgIpc) is 2.79. The van der Waals surface area contributed by atoms with Gasteiger partial charge in [0.2, 0.25) is 0 Å². The van der Waals surface area contributed by atoms with Crippen LogP contribution in [-0.2, 0) is 13.0 Å². The molecule has 166 valence electrons. The summed E-state index contributed by atoms with van der Waals surface area (Å²) in [7, 11) is 0. The number of nitrogens with zero attached hydrogens (tertiary/aromatic N) is 2. The summed E-state index contributed by atoms with van der Waals surface area (Å²) >= 11 is 0. The lowest BCUT2D eigenvalue weighted by atomic mass is 10.0. The number of pyridine rings is 1.